The first-order valence-electron chi connectivity index (χ1n) is 5.63. The quantitative estimate of drug-likeness (QED) is 0.606. The van der Waals surface area contributed by atoms with Gasteiger partial charge in [-0.25, -0.2) is 14.6 Å². The molecule has 0 bridgehead atoms. The molecule has 0 spiro atoms. The van der Waals surface area contributed by atoms with E-state index in [0.717, 1.165) is 6.08 Å². The van der Waals surface area contributed by atoms with Crippen LogP contribution in [-0.2, 0) is 9.53 Å². The van der Waals surface area contributed by atoms with Gasteiger partial charge in [-0.15, -0.1) is 0 Å². The highest BCUT2D eigenvalue weighted by atomic mass is 16.5. The third-order valence-corrected chi connectivity index (χ3v) is 1.97. The van der Waals surface area contributed by atoms with E-state index in [4.69, 9.17) is 9.52 Å². The fourth-order valence-electron chi connectivity index (χ4n) is 1.12. The van der Waals surface area contributed by atoms with Gasteiger partial charge in [-0.3, -0.25) is 0 Å². The topological polar surface area (TPSA) is 102 Å². The molecule has 1 aromatic heterocycles. The van der Waals surface area contributed by atoms with Crippen molar-refractivity contribution >= 4 is 24.2 Å². The fraction of sp³-hybridized carbons (Fsp3) is 0.154. The van der Waals surface area contributed by atoms with Gasteiger partial charge in [0.2, 0.25) is 5.89 Å². The van der Waals surface area contributed by atoms with E-state index in [1.807, 2.05) is 0 Å². The van der Waals surface area contributed by atoms with Crippen molar-refractivity contribution in [2.45, 2.75) is 0 Å². The first kappa shape index (κ1) is 15.2. The van der Waals surface area contributed by atoms with Gasteiger partial charge in [-0.1, -0.05) is 18.2 Å². The number of amides is 1. The van der Waals surface area contributed by atoms with Crippen LogP contribution in [0, 0.1) is 0 Å². The average molecular weight is 278 g/mol. The lowest BCUT2D eigenvalue weighted by atomic mass is 10.4. The Labute approximate surface area is 115 Å². The van der Waals surface area contributed by atoms with Gasteiger partial charge < -0.3 is 19.6 Å². The van der Waals surface area contributed by atoms with Gasteiger partial charge in [0.05, 0.1) is 7.11 Å². The maximum atomic E-state index is 10.8. The second-order valence-corrected chi connectivity index (χ2v) is 3.44. The lowest BCUT2D eigenvalue weighted by Crippen LogP contribution is -2.22. The van der Waals surface area contributed by atoms with Crippen molar-refractivity contribution in [1.29, 1.82) is 0 Å². The third kappa shape index (κ3) is 6.20. The Bertz CT molecular complexity index is 543. The Kier molecular flexibility index (Phi) is 6.32. The van der Waals surface area contributed by atoms with Gasteiger partial charge >= 0.3 is 12.1 Å². The molecule has 1 heterocycles. The summed E-state index contributed by atoms with van der Waals surface area (Å²) in [6, 6.07) is 0. The maximum Gasteiger partial charge on any atom is 0.407 e. The number of nitrogens with zero attached hydrogens (tertiary/aromatic N) is 1. The molecule has 1 aromatic rings. The van der Waals surface area contributed by atoms with Crippen LogP contribution >= 0.6 is 0 Å². The number of methoxy groups -OCH3 is 1. The number of aliphatic carboxylic acids is 1. The minimum atomic E-state index is -1.02. The Hall–Kier alpha value is -2.83. The number of hydrogen-bond acceptors (Lipinski definition) is 5. The number of hydrogen-bond donors (Lipinski definition) is 2. The Morgan fingerprint density at radius 1 is 1.45 bits per heavy atom. The minimum absolute atomic E-state index is 0.293. The van der Waals surface area contributed by atoms with Crippen LogP contribution in [0.4, 0.5) is 4.79 Å². The monoisotopic (exact) mass is 278 g/mol. The van der Waals surface area contributed by atoms with Crippen LogP contribution in [0.15, 0.2) is 35.0 Å². The van der Waals surface area contributed by atoms with Crippen LogP contribution in [-0.4, -0.2) is 35.8 Å². The molecule has 1 rings (SSSR count). The number of aromatic nitrogens is 1. The number of rotatable bonds is 6. The van der Waals surface area contributed by atoms with Crippen molar-refractivity contribution in [2.24, 2.45) is 0 Å². The normalized spacial score (nSPS) is 11.4. The second-order valence-electron chi connectivity index (χ2n) is 3.44. The van der Waals surface area contributed by atoms with Gasteiger partial charge in [0.1, 0.15) is 12.0 Å². The summed E-state index contributed by atoms with van der Waals surface area (Å²) in [5, 5.41) is 10.9. The highest BCUT2D eigenvalue weighted by Gasteiger charge is 1.97. The first-order valence-corrected chi connectivity index (χ1v) is 5.63. The molecule has 0 radical (unpaired) electrons. The van der Waals surface area contributed by atoms with E-state index in [2.05, 4.69) is 15.0 Å². The van der Waals surface area contributed by atoms with Crippen molar-refractivity contribution < 1.29 is 23.8 Å². The van der Waals surface area contributed by atoms with Gasteiger partial charge in [0.25, 0.3) is 0 Å². The summed E-state index contributed by atoms with van der Waals surface area (Å²) in [5.41, 5.74) is 0.556. The van der Waals surface area contributed by atoms with Crippen LogP contribution in [0.1, 0.15) is 11.6 Å². The smallest absolute Gasteiger partial charge is 0.407 e. The molecule has 20 heavy (non-hydrogen) atoms. The lowest BCUT2D eigenvalue weighted by molar-refractivity contribution is -0.131. The van der Waals surface area contributed by atoms with Crippen molar-refractivity contribution in [2.75, 3.05) is 13.7 Å². The van der Waals surface area contributed by atoms with Gasteiger partial charge in [-0.2, -0.15) is 0 Å². The molecule has 7 heteroatoms. The summed E-state index contributed by atoms with van der Waals surface area (Å²) in [7, 11) is 1.28. The summed E-state index contributed by atoms with van der Waals surface area (Å²) < 4.78 is 9.54. The molecule has 7 nitrogen and oxygen atoms in total. The Morgan fingerprint density at radius 2 is 2.25 bits per heavy atom. The number of carbonyl (C=O) groups excluding carboxylic acids is 1. The number of carboxylic acid groups (broad SMARTS) is 1. The standard InChI is InChI=1S/C13H14N2O5/c1-19-13(18)14-8-4-6-11-15-10(9-20-11)5-2-3-7-12(16)17/h2-7,9H,8H2,1H3,(H,14,18)(H,16,17)/b5-2+,6-4-,7-3+. The van der Waals surface area contributed by atoms with Gasteiger partial charge in [0.15, 0.2) is 0 Å². The molecule has 2 N–H and O–H groups in total. The molecule has 0 aromatic carbocycles. The summed E-state index contributed by atoms with van der Waals surface area (Å²) >= 11 is 0. The number of carboxylic acids is 1. The van der Waals surface area contributed by atoms with Crippen molar-refractivity contribution in [3.63, 3.8) is 0 Å². The Balaban J connectivity index is 2.45. The number of oxazole rings is 1. The van der Waals surface area contributed by atoms with E-state index in [-0.39, 0.29) is 0 Å². The summed E-state index contributed by atoms with van der Waals surface area (Å²) in [6.45, 7) is 0.293. The van der Waals surface area contributed by atoms with Gasteiger partial charge in [-0.05, 0) is 12.2 Å². The van der Waals surface area contributed by atoms with E-state index in [1.165, 1.54) is 25.5 Å². The van der Waals surface area contributed by atoms with Gasteiger partial charge in [0, 0.05) is 12.6 Å². The predicted molar refractivity (Wildman–Crippen MR) is 71.8 cm³/mol. The second kappa shape index (κ2) is 8.30. The summed E-state index contributed by atoms with van der Waals surface area (Å²) in [5.74, 6) is -0.643. The highest BCUT2D eigenvalue weighted by molar-refractivity contribution is 5.80. The number of allylic oxidation sites excluding steroid dienone is 2. The number of carbonyl (C=O) groups is 2. The summed E-state index contributed by atoms with van der Waals surface area (Å²) in [6.07, 6.45) is 9.70. The zero-order valence-electron chi connectivity index (χ0n) is 10.8. The summed E-state index contributed by atoms with van der Waals surface area (Å²) in [4.78, 5) is 25.1. The molecule has 106 valence electrons. The highest BCUT2D eigenvalue weighted by Crippen LogP contribution is 2.05. The third-order valence-electron chi connectivity index (χ3n) is 1.97. The molecule has 0 saturated heterocycles. The molecule has 0 fully saturated rings. The van der Waals surface area contributed by atoms with E-state index >= 15 is 0 Å². The van der Waals surface area contributed by atoms with Crippen LogP contribution in [0.2, 0.25) is 0 Å². The van der Waals surface area contributed by atoms with E-state index < -0.39 is 12.1 Å². The van der Waals surface area contributed by atoms with Crippen LogP contribution in [0.3, 0.4) is 0 Å². The van der Waals surface area contributed by atoms with Crippen LogP contribution in [0.5, 0.6) is 0 Å². The van der Waals surface area contributed by atoms with E-state index in [1.54, 1.807) is 18.2 Å². The molecular weight excluding hydrogens is 264 g/mol. The molecule has 0 unspecified atom stereocenters. The average Bonchev–Trinajstić information content (AvgIpc) is 2.87. The largest absolute Gasteiger partial charge is 0.478 e. The number of ether oxygens (including phenoxy) is 1. The molecule has 0 atom stereocenters. The number of nitrogens with one attached hydrogen (secondary N) is 1. The maximum absolute atomic E-state index is 10.8. The minimum Gasteiger partial charge on any atom is -0.478 e. The zero-order valence-corrected chi connectivity index (χ0v) is 10.8. The fourth-order valence-corrected chi connectivity index (χ4v) is 1.12. The van der Waals surface area contributed by atoms with Crippen LogP contribution in [0.25, 0.3) is 12.2 Å². The van der Waals surface area contributed by atoms with Crippen LogP contribution < -0.4 is 5.32 Å². The SMILES string of the molecule is COC(=O)NC/C=C\c1nc(/C=C/C=C/C(=O)O)co1. The van der Waals surface area contributed by atoms with Crippen molar-refractivity contribution in [3.8, 4) is 0 Å². The Morgan fingerprint density at radius 3 is 2.95 bits per heavy atom. The molecule has 0 saturated carbocycles. The van der Waals surface area contributed by atoms with Crippen molar-refractivity contribution in [3.05, 3.63) is 42.2 Å². The molecular formula is C13H14N2O5. The van der Waals surface area contributed by atoms with E-state index in [0.29, 0.717) is 18.1 Å². The zero-order chi connectivity index (χ0) is 14.8. The molecule has 1 amide bonds. The lowest BCUT2D eigenvalue weighted by Gasteiger charge is -1.97. The predicted octanol–water partition coefficient (Wildman–Crippen LogP) is 1.70. The van der Waals surface area contributed by atoms with Crippen molar-refractivity contribution in [1.82, 2.24) is 10.3 Å². The molecule has 0 aliphatic carbocycles. The number of alkyl carbamates (subject to hydrolysis) is 1. The first-order chi connectivity index (χ1) is 9.61. The molecule has 0 aliphatic heterocycles. The molecule has 0 aliphatic rings. The van der Waals surface area contributed by atoms with E-state index in [9.17, 15) is 9.59 Å².